The van der Waals surface area contributed by atoms with Crippen molar-refractivity contribution in [3.63, 3.8) is 0 Å². The number of alkyl halides is 2. The molecule has 0 saturated heterocycles. The summed E-state index contributed by atoms with van der Waals surface area (Å²) in [5.74, 6) is 0.136. The predicted octanol–water partition coefficient (Wildman–Crippen LogP) is 2.47. The fraction of sp³-hybridized carbons (Fsp3) is 0.250. The molecular formula is C8H8BrClO. The monoisotopic (exact) mass is 234 g/mol. The van der Waals surface area contributed by atoms with Crippen LogP contribution in [-0.4, -0.2) is 11.0 Å². The normalized spacial score (nSPS) is 15.9. The zero-order chi connectivity index (χ0) is 8.32. The van der Waals surface area contributed by atoms with Crippen LogP contribution in [0.3, 0.4) is 0 Å². The quantitative estimate of drug-likeness (QED) is 0.781. The molecule has 0 radical (unpaired) electrons. The van der Waals surface area contributed by atoms with Crippen LogP contribution in [0.1, 0.15) is 5.56 Å². The molecule has 1 rings (SSSR count). The maximum absolute atomic E-state index is 9.58. The number of hydrogen-bond donors (Lipinski definition) is 1. The van der Waals surface area contributed by atoms with E-state index in [0.29, 0.717) is 0 Å². The van der Waals surface area contributed by atoms with E-state index in [1.54, 1.807) is 0 Å². The van der Waals surface area contributed by atoms with Gasteiger partial charge in [0.2, 0.25) is 0 Å². The molecule has 1 unspecified atom stereocenters. The minimum absolute atomic E-state index is 0.136. The largest absolute Gasteiger partial charge is 0.373 e. The fourth-order valence-electron chi connectivity index (χ4n) is 0.771. The Labute approximate surface area is 79.1 Å². The highest BCUT2D eigenvalue weighted by Gasteiger charge is 2.23. The zero-order valence-corrected chi connectivity index (χ0v) is 8.14. The summed E-state index contributed by atoms with van der Waals surface area (Å²) in [5.41, 5.74) is 0.773. The number of hydrogen-bond acceptors (Lipinski definition) is 1. The third-order valence-corrected chi connectivity index (χ3v) is 2.84. The first kappa shape index (κ1) is 9.04. The van der Waals surface area contributed by atoms with Crippen molar-refractivity contribution in [1.29, 1.82) is 0 Å². The van der Waals surface area contributed by atoms with E-state index in [0.717, 1.165) is 5.56 Å². The smallest absolute Gasteiger partial charge is 0.158 e. The molecule has 1 nitrogen and oxygen atoms in total. The minimum atomic E-state index is -1.09. The molecule has 1 aromatic rings. The summed E-state index contributed by atoms with van der Waals surface area (Å²) in [6.07, 6.45) is 0. The Hall–Kier alpha value is -0.0500. The van der Waals surface area contributed by atoms with Gasteiger partial charge in [0.15, 0.2) is 4.51 Å². The summed E-state index contributed by atoms with van der Waals surface area (Å²) in [7, 11) is 0. The Morgan fingerprint density at radius 3 is 2.36 bits per heavy atom. The van der Waals surface area contributed by atoms with Gasteiger partial charge in [-0.2, -0.15) is 0 Å². The van der Waals surface area contributed by atoms with Gasteiger partial charge >= 0.3 is 0 Å². The first-order valence-corrected chi connectivity index (χ1v) is 4.52. The first-order valence-electron chi connectivity index (χ1n) is 3.19. The van der Waals surface area contributed by atoms with E-state index in [1.807, 2.05) is 30.3 Å². The molecular weight excluding hydrogens is 227 g/mol. The molecule has 0 spiro atoms. The van der Waals surface area contributed by atoms with Crippen molar-refractivity contribution < 1.29 is 5.11 Å². The van der Waals surface area contributed by atoms with Gasteiger partial charge in [-0.05, 0) is 21.5 Å². The van der Waals surface area contributed by atoms with Gasteiger partial charge < -0.3 is 5.11 Å². The summed E-state index contributed by atoms with van der Waals surface area (Å²) < 4.78 is -1.09. The number of halogens is 2. The van der Waals surface area contributed by atoms with Crippen molar-refractivity contribution in [2.75, 3.05) is 5.88 Å². The number of rotatable bonds is 2. The highest BCUT2D eigenvalue weighted by molar-refractivity contribution is 9.09. The Bertz CT molecular complexity index is 223. The minimum Gasteiger partial charge on any atom is -0.373 e. The topological polar surface area (TPSA) is 20.2 Å². The van der Waals surface area contributed by atoms with E-state index in [-0.39, 0.29) is 5.88 Å². The molecule has 0 aromatic heterocycles. The van der Waals surface area contributed by atoms with Crippen LogP contribution >= 0.6 is 27.5 Å². The van der Waals surface area contributed by atoms with Gasteiger partial charge in [-0.1, -0.05) is 30.3 Å². The highest BCUT2D eigenvalue weighted by atomic mass is 79.9. The number of benzene rings is 1. The second-order valence-electron chi connectivity index (χ2n) is 2.26. The van der Waals surface area contributed by atoms with Crippen molar-refractivity contribution in [3.8, 4) is 0 Å². The molecule has 1 aromatic carbocycles. The maximum Gasteiger partial charge on any atom is 0.158 e. The Balaban J connectivity index is 2.93. The van der Waals surface area contributed by atoms with Gasteiger partial charge in [-0.25, -0.2) is 0 Å². The van der Waals surface area contributed by atoms with E-state index in [2.05, 4.69) is 15.9 Å². The van der Waals surface area contributed by atoms with Crippen molar-refractivity contribution in [1.82, 2.24) is 0 Å². The standard InChI is InChI=1S/C8H8BrClO/c9-8(11,6-10)7-4-2-1-3-5-7/h1-5,11H,6H2. The van der Waals surface area contributed by atoms with E-state index >= 15 is 0 Å². The van der Waals surface area contributed by atoms with Crippen LogP contribution in [0.25, 0.3) is 0 Å². The molecule has 0 amide bonds. The Morgan fingerprint density at radius 2 is 1.91 bits per heavy atom. The summed E-state index contributed by atoms with van der Waals surface area (Å²) in [6.45, 7) is 0. The molecule has 3 heteroatoms. The highest BCUT2D eigenvalue weighted by Crippen LogP contribution is 2.28. The molecule has 0 bridgehead atoms. The van der Waals surface area contributed by atoms with E-state index < -0.39 is 4.51 Å². The lowest BCUT2D eigenvalue weighted by Gasteiger charge is -2.17. The second kappa shape index (κ2) is 3.57. The van der Waals surface area contributed by atoms with Gasteiger partial charge in [-0.3, -0.25) is 0 Å². The molecule has 0 heterocycles. The fourth-order valence-corrected chi connectivity index (χ4v) is 1.19. The zero-order valence-electron chi connectivity index (χ0n) is 5.80. The van der Waals surface area contributed by atoms with Gasteiger partial charge in [0, 0.05) is 0 Å². The summed E-state index contributed by atoms with van der Waals surface area (Å²) in [6, 6.07) is 9.23. The maximum atomic E-state index is 9.58. The molecule has 0 aliphatic heterocycles. The molecule has 1 N–H and O–H groups in total. The molecule has 0 aliphatic rings. The summed E-state index contributed by atoms with van der Waals surface area (Å²) in [5, 5.41) is 9.58. The summed E-state index contributed by atoms with van der Waals surface area (Å²) in [4.78, 5) is 0. The Morgan fingerprint density at radius 1 is 1.36 bits per heavy atom. The molecule has 0 saturated carbocycles. The van der Waals surface area contributed by atoms with Crippen LogP contribution in [0.2, 0.25) is 0 Å². The number of aliphatic hydroxyl groups is 1. The van der Waals surface area contributed by atoms with Crippen LogP contribution in [0, 0.1) is 0 Å². The SMILES string of the molecule is OC(Br)(CCl)c1ccccc1. The van der Waals surface area contributed by atoms with Crippen molar-refractivity contribution in [3.05, 3.63) is 35.9 Å². The van der Waals surface area contributed by atoms with Crippen LogP contribution in [0.5, 0.6) is 0 Å². The van der Waals surface area contributed by atoms with E-state index in [1.165, 1.54) is 0 Å². The third kappa shape index (κ3) is 2.19. The van der Waals surface area contributed by atoms with Crippen molar-refractivity contribution in [2.24, 2.45) is 0 Å². The van der Waals surface area contributed by atoms with Crippen LogP contribution < -0.4 is 0 Å². The van der Waals surface area contributed by atoms with Gasteiger partial charge in [0.05, 0.1) is 5.88 Å². The lowest BCUT2D eigenvalue weighted by atomic mass is 10.1. The lowest BCUT2D eigenvalue weighted by Crippen LogP contribution is -2.18. The van der Waals surface area contributed by atoms with Gasteiger partial charge in [-0.15, -0.1) is 11.6 Å². The van der Waals surface area contributed by atoms with Gasteiger partial charge in [0.1, 0.15) is 0 Å². The molecule has 1 atom stereocenters. The third-order valence-electron chi connectivity index (χ3n) is 1.39. The molecule has 0 aliphatic carbocycles. The lowest BCUT2D eigenvalue weighted by molar-refractivity contribution is 0.171. The van der Waals surface area contributed by atoms with Crippen LogP contribution in [-0.2, 0) is 4.51 Å². The van der Waals surface area contributed by atoms with E-state index in [9.17, 15) is 5.11 Å². The van der Waals surface area contributed by atoms with Crippen molar-refractivity contribution >= 4 is 27.5 Å². The van der Waals surface area contributed by atoms with E-state index in [4.69, 9.17) is 11.6 Å². The predicted molar refractivity (Wildman–Crippen MR) is 50.0 cm³/mol. The first-order chi connectivity index (χ1) is 5.17. The average molecular weight is 236 g/mol. The van der Waals surface area contributed by atoms with Crippen LogP contribution in [0.4, 0.5) is 0 Å². The van der Waals surface area contributed by atoms with Crippen LogP contribution in [0.15, 0.2) is 30.3 Å². The molecule has 60 valence electrons. The molecule has 11 heavy (non-hydrogen) atoms. The van der Waals surface area contributed by atoms with Crippen molar-refractivity contribution in [2.45, 2.75) is 4.51 Å². The molecule has 0 fully saturated rings. The Kier molecular flexibility index (Phi) is 2.93. The average Bonchev–Trinajstić information content (AvgIpc) is 2.06. The van der Waals surface area contributed by atoms with Gasteiger partial charge in [0.25, 0.3) is 0 Å². The second-order valence-corrected chi connectivity index (χ2v) is 3.84. The summed E-state index contributed by atoms with van der Waals surface area (Å²) >= 11 is 8.64.